The molecule has 0 bridgehead atoms. The van der Waals surface area contributed by atoms with E-state index in [0.717, 1.165) is 6.20 Å². The van der Waals surface area contributed by atoms with Crippen LogP contribution in [0.15, 0.2) is 12.3 Å². The molecule has 1 aromatic heterocycles. The zero-order valence-electron chi connectivity index (χ0n) is 7.01. The topological polar surface area (TPSA) is 56.0 Å². The number of rotatable bonds is 3. The van der Waals surface area contributed by atoms with Crippen molar-refractivity contribution in [1.29, 1.82) is 0 Å². The van der Waals surface area contributed by atoms with Gasteiger partial charge in [0.2, 0.25) is 5.91 Å². The van der Waals surface area contributed by atoms with Gasteiger partial charge in [0.05, 0.1) is 5.56 Å². The normalized spacial score (nSPS) is 10.6. The molecule has 1 heterocycles. The first-order chi connectivity index (χ1) is 6.56. The smallest absolute Gasteiger partial charge is 0.280 e. The van der Waals surface area contributed by atoms with E-state index in [4.69, 9.17) is 5.73 Å². The van der Waals surface area contributed by atoms with Crippen molar-refractivity contribution in [3.8, 4) is 0 Å². The van der Waals surface area contributed by atoms with E-state index < -0.39 is 12.3 Å². The van der Waals surface area contributed by atoms with E-state index in [1.807, 2.05) is 0 Å². The zero-order chi connectivity index (χ0) is 10.7. The Kier molecular flexibility index (Phi) is 3.51. The SMILES string of the molecule is NC(=O)c1cnc(C(F)F)c(CBr)c1. The van der Waals surface area contributed by atoms with Crippen LogP contribution in [0, 0.1) is 0 Å². The summed E-state index contributed by atoms with van der Waals surface area (Å²) in [7, 11) is 0. The van der Waals surface area contributed by atoms with Crippen LogP contribution in [0.4, 0.5) is 8.78 Å². The summed E-state index contributed by atoms with van der Waals surface area (Å²) in [5, 5.41) is 0.209. The van der Waals surface area contributed by atoms with E-state index in [1.54, 1.807) is 0 Å². The number of primary amides is 1. The van der Waals surface area contributed by atoms with Crippen molar-refractivity contribution < 1.29 is 13.6 Å². The van der Waals surface area contributed by atoms with E-state index in [2.05, 4.69) is 20.9 Å². The molecule has 3 nitrogen and oxygen atoms in total. The summed E-state index contributed by atoms with van der Waals surface area (Å²) in [6.45, 7) is 0. The Labute approximate surface area is 87.4 Å². The van der Waals surface area contributed by atoms with Gasteiger partial charge >= 0.3 is 0 Å². The Bertz CT molecular complexity index is 357. The molecule has 6 heteroatoms. The van der Waals surface area contributed by atoms with Gasteiger partial charge in [0.25, 0.3) is 6.43 Å². The number of carbonyl (C=O) groups excluding carboxylic acids is 1. The molecule has 0 aliphatic carbocycles. The highest BCUT2D eigenvalue weighted by molar-refractivity contribution is 9.08. The first kappa shape index (κ1) is 11.0. The lowest BCUT2D eigenvalue weighted by Crippen LogP contribution is -2.12. The summed E-state index contributed by atoms with van der Waals surface area (Å²) in [5.74, 6) is -0.680. The monoisotopic (exact) mass is 264 g/mol. The molecular weight excluding hydrogens is 258 g/mol. The average molecular weight is 265 g/mol. The Hall–Kier alpha value is -1.04. The maximum Gasteiger partial charge on any atom is 0.280 e. The molecule has 2 N–H and O–H groups in total. The molecule has 1 amide bonds. The molecule has 1 rings (SSSR count). The first-order valence-electron chi connectivity index (χ1n) is 3.69. The van der Waals surface area contributed by atoms with Crippen LogP contribution in [0.5, 0.6) is 0 Å². The minimum absolute atomic E-state index is 0.129. The second-order valence-corrected chi connectivity index (χ2v) is 3.13. The van der Waals surface area contributed by atoms with Crippen molar-refractivity contribution in [2.45, 2.75) is 11.8 Å². The summed E-state index contributed by atoms with van der Waals surface area (Å²) in [6.07, 6.45) is -1.60. The second kappa shape index (κ2) is 4.45. The number of amides is 1. The summed E-state index contributed by atoms with van der Waals surface area (Å²) in [6, 6.07) is 1.31. The standard InChI is InChI=1S/C8H7BrF2N2O/c9-2-4-1-5(8(12)14)3-13-6(4)7(10)11/h1,3,7H,2H2,(H2,12,14). The molecule has 0 aliphatic heterocycles. The number of nitrogens with zero attached hydrogens (tertiary/aromatic N) is 1. The van der Waals surface area contributed by atoms with Crippen molar-refractivity contribution >= 4 is 21.8 Å². The Morgan fingerprint density at radius 3 is 2.71 bits per heavy atom. The van der Waals surface area contributed by atoms with Gasteiger partial charge in [0.15, 0.2) is 0 Å². The quantitative estimate of drug-likeness (QED) is 0.850. The fourth-order valence-corrected chi connectivity index (χ4v) is 1.41. The van der Waals surface area contributed by atoms with Crippen molar-refractivity contribution in [3.05, 3.63) is 29.1 Å². The fraction of sp³-hybridized carbons (Fsp3) is 0.250. The van der Waals surface area contributed by atoms with Gasteiger partial charge in [-0.3, -0.25) is 9.78 Å². The Morgan fingerprint density at radius 1 is 1.64 bits per heavy atom. The fourth-order valence-electron chi connectivity index (χ4n) is 0.959. The van der Waals surface area contributed by atoms with Crippen LogP contribution in [-0.4, -0.2) is 10.9 Å². The minimum Gasteiger partial charge on any atom is -0.366 e. The van der Waals surface area contributed by atoms with E-state index in [0.29, 0.717) is 0 Å². The van der Waals surface area contributed by atoms with Crippen LogP contribution < -0.4 is 5.73 Å². The molecule has 0 saturated heterocycles. The molecule has 0 aromatic carbocycles. The molecule has 0 radical (unpaired) electrons. The zero-order valence-corrected chi connectivity index (χ0v) is 8.59. The van der Waals surface area contributed by atoms with Gasteiger partial charge in [-0.05, 0) is 11.6 Å². The third kappa shape index (κ3) is 2.25. The largest absolute Gasteiger partial charge is 0.366 e. The average Bonchev–Trinajstić information content (AvgIpc) is 2.16. The number of hydrogen-bond donors (Lipinski definition) is 1. The number of halogens is 3. The molecule has 0 spiro atoms. The Morgan fingerprint density at radius 2 is 2.29 bits per heavy atom. The van der Waals surface area contributed by atoms with Gasteiger partial charge in [-0.15, -0.1) is 0 Å². The van der Waals surface area contributed by atoms with Gasteiger partial charge < -0.3 is 5.73 Å². The highest BCUT2D eigenvalue weighted by atomic mass is 79.9. The predicted molar refractivity (Wildman–Crippen MR) is 50.3 cm³/mol. The Balaban J connectivity index is 3.18. The highest BCUT2D eigenvalue weighted by Crippen LogP contribution is 2.22. The number of aromatic nitrogens is 1. The van der Waals surface area contributed by atoms with Crippen LogP contribution in [0.2, 0.25) is 0 Å². The number of pyridine rings is 1. The molecule has 14 heavy (non-hydrogen) atoms. The van der Waals surface area contributed by atoms with Crippen LogP contribution in [0.3, 0.4) is 0 Å². The third-order valence-electron chi connectivity index (χ3n) is 1.64. The van der Waals surface area contributed by atoms with Crippen molar-refractivity contribution in [2.75, 3.05) is 0 Å². The van der Waals surface area contributed by atoms with Gasteiger partial charge in [-0.1, -0.05) is 15.9 Å². The molecule has 0 atom stereocenters. The molecule has 0 saturated carbocycles. The molecule has 0 aliphatic rings. The molecule has 76 valence electrons. The third-order valence-corrected chi connectivity index (χ3v) is 2.24. The van der Waals surface area contributed by atoms with Gasteiger partial charge in [-0.2, -0.15) is 0 Å². The maximum atomic E-state index is 12.3. The minimum atomic E-state index is -2.65. The van der Waals surface area contributed by atoms with Crippen LogP contribution in [0.1, 0.15) is 28.0 Å². The van der Waals surface area contributed by atoms with E-state index in [9.17, 15) is 13.6 Å². The second-order valence-electron chi connectivity index (χ2n) is 2.57. The lowest BCUT2D eigenvalue weighted by atomic mass is 10.1. The van der Waals surface area contributed by atoms with Crippen LogP contribution in [0.25, 0.3) is 0 Å². The van der Waals surface area contributed by atoms with Crippen molar-refractivity contribution in [2.24, 2.45) is 5.73 Å². The first-order valence-corrected chi connectivity index (χ1v) is 4.81. The lowest BCUT2D eigenvalue weighted by Gasteiger charge is -2.05. The predicted octanol–water partition coefficient (Wildman–Crippen LogP) is 2.01. The van der Waals surface area contributed by atoms with Gasteiger partial charge in [0.1, 0.15) is 5.69 Å². The molecule has 1 aromatic rings. The highest BCUT2D eigenvalue weighted by Gasteiger charge is 2.15. The van der Waals surface area contributed by atoms with E-state index >= 15 is 0 Å². The lowest BCUT2D eigenvalue weighted by molar-refractivity contribution is 0.0998. The summed E-state index contributed by atoms with van der Waals surface area (Å²) >= 11 is 3.03. The molecular formula is C8H7BrF2N2O. The van der Waals surface area contributed by atoms with Gasteiger partial charge in [-0.25, -0.2) is 8.78 Å². The maximum absolute atomic E-state index is 12.3. The summed E-state index contributed by atoms with van der Waals surface area (Å²) in [5.41, 5.74) is 5.06. The molecule has 0 fully saturated rings. The summed E-state index contributed by atoms with van der Waals surface area (Å²) < 4.78 is 24.7. The van der Waals surface area contributed by atoms with E-state index in [-0.39, 0.29) is 22.2 Å². The van der Waals surface area contributed by atoms with Crippen molar-refractivity contribution in [3.63, 3.8) is 0 Å². The molecule has 0 unspecified atom stereocenters. The number of carbonyl (C=O) groups is 1. The number of nitrogens with two attached hydrogens (primary N) is 1. The summed E-state index contributed by atoms with van der Waals surface area (Å²) in [4.78, 5) is 14.2. The number of alkyl halides is 3. The van der Waals surface area contributed by atoms with Gasteiger partial charge in [0, 0.05) is 11.5 Å². The van der Waals surface area contributed by atoms with Crippen molar-refractivity contribution in [1.82, 2.24) is 4.98 Å². The van der Waals surface area contributed by atoms with Crippen LogP contribution in [-0.2, 0) is 5.33 Å². The van der Waals surface area contributed by atoms with E-state index in [1.165, 1.54) is 6.07 Å². The van der Waals surface area contributed by atoms with Crippen LogP contribution >= 0.6 is 15.9 Å². The number of hydrogen-bond acceptors (Lipinski definition) is 2.